The van der Waals surface area contributed by atoms with E-state index < -0.39 is 0 Å². The van der Waals surface area contributed by atoms with Crippen molar-refractivity contribution in [1.29, 1.82) is 0 Å². The van der Waals surface area contributed by atoms with Crippen molar-refractivity contribution in [3.05, 3.63) is 0 Å². The van der Waals surface area contributed by atoms with E-state index in [9.17, 15) is 4.79 Å². The number of carbonyl (C=O) groups excluding carboxylic acids is 1. The quantitative estimate of drug-likeness (QED) is 0.313. The number of ether oxygens (including phenoxy) is 3. The van der Waals surface area contributed by atoms with Crippen LogP contribution in [0.2, 0.25) is 0 Å². The van der Waals surface area contributed by atoms with Crippen LogP contribution in [-0.2, 0) is 19.0 Å². The topological polar surface area (TPSA) is 44.8 Å². The van der Waals surface area contributed by atoms with Gasteiger partial charge in [0.15, 0.2) is 0 Å². The molecule has 4 nitrogen and oxygen atoms in total. The molecule has 0 spiro atoms. The van der Waals surface area contributed by atoms with E-state index in [2.05, 4.69) is 20.8 Å². The molecule has 0 heterocycles. The first-order valence-electron chi connectivity index (χ1n) is 8.98. The predicted molar refractivity (Wildman–Crippen MR) is 90.0 cm³/mol. The Bertz CT molecular complexity index is 241. The molecule has 4 heteroatoms. The number of hydrogen-bond donors (Lipinski definition) is 0. The molecular weight excluding hydrogens is 280 g/mol. The molecule has 0 aromatic heterocycles. The van der Waals surface area contributed by atoms with Crippen LogP contribution in [-0.4, -0.2) is 39.0 Å². The molecule has 0 radical (unpaired) electrons. The Morgan fingerprint density at radius 3 is 2.09 bits per heavy atom. The summed E-state index contributed by atoms with van der Waals surface area (Å²) in [6.45, 7) is 9.67. The first kappa shape index (κ1) is 21.4. The van der Waals surface area contributed by atoms with Crippen LogP contribution in [0.5, 0.6) is 0 Å². The standard InChI is InChI=1S/C18H36O4/c1-4-5-6-7-8-12-20-15-16-21-13-9-10-18(19)22-14-11-17(2)3/h17H,4-16H2,1-3H3. The minimum atomic E-state index is -0.118. The lowest BCUT2D eigenvalue weighted by Gasteiger charge is -2.07. The third-order valence-electron chi connectivity index (χ3n) is 3.39. The average molecular weight is 316 g/mol. The molecule has 0 bridgehead atoms. The monoisotopic (exact) mass is 316 g/mol. The molecule has 0 aromatic carbocycles. The van der Waals surface area contributed by atoms with Crippen molar-refractivity contribution in [3.63, 3.8) is 0 Å². The minimum absolute atomic E-state index is 0.118. The van der Waals surface area contributed by atoms with Crippen LogP contribution in [0.15, 0.2) is 0 Å². The van der Waals surface area contributed by atoms with Crippen molar-refractivity contribution < 1.29 is 19.0 Å². The fourth-order valence-corrected chi connectivity index (χ4v) is 1.93. The van der Waals surface area contributed by atoms with Crippen LogP contribution >= 0.6 is 0 Å². The summed E-state index contributed by atoms with van der Waals surface area (Å²) in [5, 5.41) is 0. The molecule has 132 valence electrons. The minimum Gasteiger partial charge on any atom is -0.466 e. The second-order valence-electron chi connectivity index (χ2n) is 6.15. The summed E-state index contributed by atoms with van der Waals surface area (Å²) in [6, 6.07) is 0. The van der Waals surface area contributed by atoms with Crippen molar-refractivity contribution in [1.82, 2.24) is 0 Å². The highest BCUT2D eigenvalue weighted by Crippen LogP contribution is 2.03. The lowest BCUT2D eigenvalue weighted by Crippen LogP contribution is -2.10. The van der Waals surface area contributed by atoms with Crippen LogP contribution in [0, 0.1) is 5.92 Å². The fourth-order valence-electron chi connectivity index (χ4n) is 1.93. The molecule has 22 heavy (non-hydrogen) atoms. The molecule has 0 N–H and O–H groups in total. The smallest absolute Gasteiger partial charge is 0.305 e. The number of unbranched alkanes of at least 4 members (excludes halogenated alkanes) is 4. The van der Waals surface area contributed by atoms with Crippen molar-refractivity contribution in [2.24, 2.45) is 5.92 Å². The summed E-state index contributed by atoms with van der Waals surface area (Å²) in [5.74, 6) is 0.454. The van der Waals surface area contributed by atoms with E-state index in [4.69, 9.17) is 14.2 Å². The number of rotatable bonds is 16. The van der Waals surface area contributed by atoms with Gasteiger partial charge in [-0.2, -0.15) is 0 Å². The van der Waals surface area contributed by atoms with Gasteiger partial charge in [0, 0.05) is 19.6 Å². The van der Waals surface area contributed by atoms with E-state index in [1.165, 1.54) is 25.7 Å². The van der Waals surface area contributed by atoms with Gasteiger partial charge in [-0.3, -0.25) is 4.79 Å². The molecule has 0 aliphatic heterocycles. The maximum Gasteiger partial charge on any atom is 0.305 e. The largest absolute Gasteiger partial charge is 0.466 e. The van der Waals surface area contributed by atoms with Gasteiger partial charge >= 0.3 is 5.97 Å². The Morgan fingerprint density at radius 1 is 0.818 bits per heavy atom. The van der Waals surface area contributed by atoms with Gasteiger partial charge in [-0.1, -0.05) is 46.5 Å². The Morgan fingerprint density at radius 2 is 1.45 bits per heavy atom. The summed E-state index contributed by atoms with van der Waals surface area (Å²) < 4.78 is 16.1. The number of carbonyl (C=O) groups is 1. The summed E-state index contributed by atoms with van der Waals surface area (Å²) in [5.41, 5.74) is 0. The molecule has 0 aliphatic carbocycles. The van der Waals surface area contributed by atoms with Crippen LogP contribution in [0.4, 0.5) is 0 Å². The summed E-state index contributed by atoms with van der Waals surface area (Å²) in [6.07, 6.45) is 8.40. The van der Waals surface area contributed by atoms with Crippen molar-refractivity contribution in [3.8, 4) is 0 Å². The Hall–Kier alpha value is -0.610. The van der Waals surface area contributed by atoms with E-state index >= 15 is 0 Å². The molecule has 0 saturated heterocycles. The average Bonchev–Trinajstić information content (AvgIpc) is 2.48. The summed E-state index contributed by atoms with van der Waals surface area (Å²) in [4.78, 5) is 11.4. The Balaban J connectivity index is 3.12. The van der Waals surface area contributed by atoms with Crippen LogP contribution in [0.25, 0.3) is 0 Å². The maximum atomic E-state index is 11.4. The molecule has 0 saturated carbocycles. The molecule has 0 aromatic rings. The van der Waals surface area contributed by atoms with E-state index in [0.29, 0.717) is 38.8 Å². The first-order valence-corrected chi connectivity index (χ1v) is 8.98. The van der Waals surface area contributed by atoms with E-state index in [0.717, 1.165) is 25.9 Å². The van der Waals surface area contributed by atoms with Gasteiger partial charge in [-0.15, -0.1) is 0 Å². The lowest BCUT2D eigenvalue weighted by atomic mass is 10.1. The van der Waals surface area contributed by atoms with Gasteiger partial charge in [0.05, 0.1) is 19.8 Å². The van der Waals surface area contributed by atoms with Crippen LogP contribution in [0.1, 0.15) is 72.1 Å². The second kappa shape index (κ2) is 16.8. The molecule has 0 atom stereocenters. The van der Waals surface area contributed by atoms with Gasteiger partial charge in [0.25, 0.3) is 0 Å². The predicted octanol–water partition coefficient (Wildman–Crippen LogP) is 4.36. The van der Waals surface area contributed by atoms with Crippen molar-refractivity contribution >= 4 is 5.97 Å². The molecule has 0 unspecified atom stereocenters. The third-order valence-corrected chi connectivity index (χ3v) is 3.39. The SMILES string of the molecule is CCCCCCCOCCOCCCC(=O)OCCC(C)C. The van der Waals surface area contributed by atoms with E-state index in [1.807, 2.05) is 0 Å². The number of hydrogen-bond acceptors (Lipinski definition) is 4. The van der Waals surface area contributed by atoms with Crippen LogP contribution < -0.4 is 0 Å². The Labute approximate surface area is 136 Å². The highest BCUT2D eigenvalue weighted by Gasteiger charge is 2.03. The Kier molecular flexibility index (Phi) is 16.3. The zero-order chi connectivity index (χ0) is 16.5. The van der Waals surface area contributed by atoms with Gasteiger partial charge in [0.2, 0.25) is 0 Å². The fraction of sp³-hybridized carbons (Fsp3) is 0.944. The zero-order valence-electron chi connectivity index (χ0n) is 14.9. The van der Waals surface area contributed by atoms with E-state index in [-0.39, 0.29) is 5.97 Å². The van der Waals surface area contributed by atoms with Gasteiger partial charge in [0.1, 0.15) is 0 Å². The molecule has 0 rings (SSSR count). The van der Waals surface area contributed by atoms with Gasteiger partial charge in [-0.05, 0) is 25.2 Å². The number of esters is 1. The molecule has 0 aliphatic rings. The van der Waals surface area contributed by atoms with Gasteiger partial charge in [-0.25, -0.2) is 0 Å². The molecule has 0 amide bonds. The highest BCUT2D eigenvalue weighted by atomic mass is 16.5. The molecule has 0 fully saturated rings. The van der Waals surface area contributed by atoms with Crippen molar-refractivity contribution in [2.75, 3.05) is 33.0 Å². The maximum absolute atomic E-state index is 11.4. The van der Waals surface area contributed by atoms with E-state index in [1.54, 1.807) is 0 Å². The van der Waals surface area contributed by atoms with Crippen molar-refractivity contribution in [2.45, 2.75) is 72.1 Å². The normalized spacial score (nSPS) is 11.1. The van der Waals surface area contributed by atoms with Gasteiger partial charge < -0.3 is 14.2 Å². The summed E-state index contributed by atoms with van der Waals surface area (Å²) >= 11 is 0. The lowest BCUT2D eigenvalue weighted by molar-refractivity contribution is -0.144. The zero-order valence-corrected chi connectivity index (χ0v) is 14.9. The molecular formula is C18H36O4. The summed E-state index contributed by atoms with van der Waals surface area (Å²) in [7, 11) is 0. The second-order valence-corrected chi connectivity index (χ2v) is 6.15. The first-order chi connectivity index (χ1) is 10.7. The van der Waals surface area contributed by atoms with Crippen LogP contribution in [0.3, 0.4) is 0 Å². The highest BCUT2D eigenvalue weighted by molar-refractivity contribution is 5.69. The third kappa shape index (κ3) is 17.4.